The average molecular weight is 237 g/mol. The summed E-state index contributed by atoms with van der Waals surface area (Å²) in [6.07, 6.45) is 5.17. The Morgan fingerprint density at radius 2 is 2.25 bits per heavy atom. The van der Waals surface area contributed by atoms with E-state index in [0.29, 0.717) is 17.3 Å². The van der Waals surface area contributed by atoms with Crippen LogP contribution < -0.4 is 5.32 Å². The van der Waals surface area contributed by atoms with Crippen LogP contribution in [0.15, 0.2) is 24.3 Å². The van der Waals surface area contributed by atoms with Gasteiger partial charge in [0.05, 0.1) is 17.3 Å². The molecule has 0 aromatic heterocycles. The Bertz CT molecular complexity index is 412. The fraction of sp³-hybridized carbons (Fsp3) is 0.250. The van der Waals surface area contributed by atoms with Crippen LogP contribution in [0.2, 0.25) is 5.02 Å². The zero-order valence-corrected chi connectivity index (χ0v) is 9.79. The van der Waals surface area contributed by atoms with E-state index in [9.17, 15) is 4.79 Å². The number of halogens is 1. The predicted octanol–water partition coefficient (Wildman–Crippen LogP) is 2.83. The second-order valence-corrected chi connectivity index (χ2v) is 3.54. The van der Waals surface area contributed by atoms with E-state index in [4.69, 9.17) is 18.0 Å². The quantitative estimate of drug-likeness (QED) is 0.805. The summed E-state index contributed by atoms with van der Waals surface area (Å²) in [5.41, 5.74) is 0.588. The largest absolute Gasteiger partial charge is 0.322 e. The van der Waals surface area contributed by atoms with Crippen molar-refractivity contribution in [2.45, 2.75) is 6.92 Å². The number of amides is 2. The van der Waals surface area contributed by atoms with Gasteiger partial charge in [-0.2, -0.15) is 0 Å². The summed E-state index contributed by atoms with van der Waals surface area (Å²) in [5.74, 6) is 2.43. The zero-order valence-electron chi connectivity index (χ0n) is 9.03. The number of hydrogen-bond donors (Lipinski definition) is 1. The minimum Gasteiger partial charge on any atom is -0.314 e. The van der Waals surface area contributed by atoms with E-state index >= 15 is 0 Å². The lowest BCUT2D eigenvalue weighted by Crippen LogP contribution is -2.35. The highest BCUT2D eigenvalue weighted by atomic mass is 35.5. The van der Waals surface area contributed by atoms with Gasteiger partial charge in [0.2, 0.25) is 0 Å². The third-order valence-electron chi connectivity index (χ3n) is 2.07. The number of carbonyl (C=O) groups excluding carboxylic acids is 1. The number of nitrogens with zero attached hydrogens (tertiary/aromatic N) is 1. The van der Waals surface area contributed by atoms with Crippen molar-refractivity contribution >= 4 is 23.3 Å². The molecular weight excluding hydrogens is 224 g/mol. The molecule has 84 valence electrons. The summed E-state index contributed by atoms with van der Waals surface area (Å²) in [5, 5.41) is 3.21. The molecule has 3 nitrogen and oxygen atoms in total. The summed E-state index contributed by atoms with van der Waals surface area (Å²) in [4.78, 5) is 13.3. The van der Waals surface area contributed by atoms with Gasteiger partial charge >= 0.3 is 6.03 Å². The van der Waals surface area contributed by atoms with Gasteiger partial charge in [-0.1, -0.05) is 29.7 Å². The maximum Gasteiger partial charge on any atom is 0.322 e. The molecule has 0 atom stereocenters. The number of nitrogens with one attached hydrogen (secondary N) is 1. The molecule has 0 aliphatic heterocycles. The molecule has 0 aliphatic carbocycles. The molecule has 0 radical (unpaired) electrons. The lowest BCUT2D eigenvalue weighted by molar-refractivity contribution is 0.220. The highest BCUT2D eigenvalue weighted by Crippen LogP contribution is 2.20. The van der Waals surface area contributed by atoms with Crippen molar-refractivity contribution in [3.05, 3.63) is 29.3 Å². The summed E-state index contributed by atoms with van der Waals surface area (Å²) >= 11 is 5.92. The molecule has 0 unspecified atom stereocenters. The third kappa shape index (κ3) is 3.18. The van der Waals surface area contributed by atoms with Crippen LogP contribution >= 0.6 is 11.6 Å². The van der Waals surface area contributed by atoms with Crippen LogP contribution in [0.1, 0.15) is 6.92 Å². The summed E-state index contributed by atoms with van der Waals surface area (Å²) in [6.45, 7) is 2.71. The molecule has 0 aliphatic rings. The molecule has 1 aromatic carbocycles. The molecule has 0 spiro atoms. The summed E-state index contributed by atoms with van der Waals surface area (Å²) in [6, 6.07) is 6.82. The Labute approximate surface area is 100 Å². The number of terminal acetylenes is 1. The molecule has 16 heavy (non-hydrogen) atoms. The van der Waals surface area contributed by atoms with Crippen LogP contribution in [0.5, 0.6) is 0 Å². The lowest BCUT2D eigenvalue weighted by atomic mass is 10.3. The normalized spacial score (nSPS) is 9.31. The van der Waals surface area contributed by atoms with Crippen molar-refractivity contribution in [3.63, 3.8) is 0 Å². The van der Waals surface area contributed by atoms with Gasteiger partial charge in [0.25, 0.3) is 0 Å². The first-order valence-corrected chi connectivity index (χ1v) is 5.30. The van der Waals surface area contributed by atoms with E-state index in [0.717, 1.165) is 0 Å². The average Bonchev–Trinajstić information content (AvgIpc) is 2.29. The maximum absolute atomic E-state index is 11.7. The number of rotatable bonds is 3. The van der Waals surface area contributed by atoms with E-state index < -0.39 is 0 Å². The van der Waals surface area contributed by atoms with E-state index in [1.54, 1.807) is 24.3 Å². The van der Waals surface area contributed by atoms with E-state index in [1.165, 1.54) is 4.90 Å². The van der Waals surface area contributed by atoms with Gasteiger partial charge < -0.3 is 10.2 Å². The van der Waals surface area contributed by atoms with Gasteiger partial charge in [-0.15, -0.1) is 6.42 Å². The third-order valence-corrected chi connectivity index (χ3v) is 2.40. The maximum atomic E-state index is 11.7. The molecule has 2 amide bonds. The summed E-state index contributed by atoms with van der Waals surface area (Å²) in [7, 11) is 0. The Kier molecular flexibility index (Phi) is 4.68. The zero-order chi connectivity index (χ0) is 12.0. The predicted molar refractivity (Wildman–Crippen MR) is 66.6 cm³/mol. The number of para-hydroxylation sites is 1. The van der Waals surface area contributed by atoms with Gasteiger partial charge in [0.15, 0.2) is 0 Å². The molecule has 1 rings (SSSR count). The molecule has 0 heterocycles. The first-order chi connectivity index (χ1) is 7.69. The molecule has 0 fully saturated rings. The fourth-order valence-corrected chi connectivity index (χ4v) is 1.38. The van der Waals surface area contributed by atoms with E-state index in [2.05, 4.69) is 11.2 Å². The second-order valence-electron chi connectivity index (χ2n) is 3.13. The van der Waals surface area contributed by atoms with Gasteiger partial charge in [-0.25, -0.2) is 4.79 Å². The van der Waals surface area contributed by atoms with Crippen molar-refractivity contribution in [3.8, 4) is 12.3 Å². The molecule has 1 aromatic rings. The van der Waals surface area contributed by atoms with Gasteiger partial charge in [-0.3, -0.25) is 0 Å². The summed E-state index contributed by atoms with van der Waals surface area (Å²) < 4.78 is 0. The highest BCUT2D eigenvalue weighted by Gasteiger charge is 2.11. The molecule has 0 saturated heterocycles. The van der Waals surface area contributed by atoms with Gasteiger partial charge in [-0.05, 0) is 19.1 Å². The van der Waals surface area contributed by atoms with Gasteiger partial charge in [0, 0.05) is 6.54 Å². The number of urea groups is 1. The SMILES string of the molecule is C#CCN(CC)C(=O)Nc1ccccc1Cl. The second kappa shape index (κ2) is 6.04. The molecule has 1 N–H and O–H groups in total. The number of anilines is 1. The monoisotopic (exact) mass is 236 g/mol. The van der Waals surface area contributed by atoms with Crippen LogP contribution in [-0.2, 0) is 0 Å². The highest BCUT2D eigenvalue weighted by molar-refractivity contribution is 6.33. The minimum atomic E-state index is -0.242. The van der Waals surface area contributed by atoms with Crippen LogP contribution in [-0.4, -0.2) is 24.0 Å². The molecule has 0 bridgehead atoms. The number of carbonyl (C=O) groups is 1. The smallest absolute Gasteiger partial charge is 0.314 e. The van der Waals surface area contributed by atoms with Crippen LogP contribution in [0.3, 0.4) is 0 Å². The molecule has 0 saturated carbocycles. The molecule has 4 heteroatoms. The fourth-order valence-electron chi connectivity index (χ4n) is 1.19. The van der Waals surface area contributed by atoms with Crippen molar-refractivity contribution in [1.82, 2.24) is 4.90 Å². The van der Waals surface area contributed by atoms with Crippen LogP contribution in [0, 0.1) is 12.3 Å². The molecular formula is C12H13ClN2O. The first kappa shape index (κ1) is 12.4. The van der Waals surface area contributed by atoms with Crippen molar-refractivity contribution in [2.24, 2.45) is 0 Å². The van der Waals surface area contributed by atoms with Gasteiger partial charge in [0.1, 0.15) is 0 Å². The van der Waals surface area contributed by atoms with Crippen LogP contribution in [0.4, 0.5) is 10.5 Å². The topological polar surface area (TPSA) is 32.3 Å². The first-order valence-electron chi connectivity index (χ1n) is 4.93. The lowest BCUT2D eigenvalue weighted by Gasteiger charge is -2.18. The van der Waals surface area contributed by atoms with Crippen molar-refractivity contribution in [1.29, 1.82) is 0 Å². The van der Waals surface area contributed by atoms with E-state index in [-0.39, 0.29) is 12.6 Å². The Morgan fingerprint density at radius 1 is 1.56 bits per heavy atom. The Morgan fingerprint density at radius 3 is 2.81 bits per heavy atom. The van der Waals surface area contributed by atoms with Crippen molar-refractivity contribution in [2.75, 3.05) is 18.4 Å². The number of benzene rings is 1. The van der Waals surface area contributed by atoms with Crippen LogP contribution in [0.25, 0.3) is 0 Å². The van der Waals surface area contributed by atoms with Crippen molar-refractivity contribution < 1.29 is 4.79 Å². The Hall–Kier alpha value is -1.66. The minimum absolute atomic E-state index is 0.242. The standard InChI is InChI=1S/C12H13ClN2O/c1-3-9-15(4-2)12(16)14-11-8-6-5-7-10(11)13/h1,5-8H,4,9H2,2H3,(H,14,16). The number of hydrogen-bond acceptors (Lipinski definition) is 1. The Balaban J connectivity index is 2.71. The van der Waals surface area contributed by atoms with E-state index in [1.807, 2.05) is 6.92 Å².